The number of nitrogens with zero attached hydrogens (tertiary/aromatic N) is 4. The van der Waals surface area contributed by atoms with Crippen molar-refractivity contribution in [1.82, 2.24) is 20.0 Å². The molecule has 8 heteroatoms. The summed E-state index contributed by atoms with van der Waals surface area (Å²) in [4.78, 5) is 19.2. The van der Waals surface area contributed by atoms with Crippen molar-refractivity contribution in [3.63, 3.8) is 0 Å². The maximum absolute atomic E-state index is 12.4. The lowest BCUT2D eigenvalue weighted by molar-refractivity contribution is 0.102. The van der Waals surface area contributed by atoms with Crippen LogP contribution in [0.15, 0.2) is 54.0 Å². The molecule has 0 bridgehead atoms. The lowest BCUT2D eigenvalue weighted by Crippen LogP contribution is -2.12. The van der Waals surface area contributed by atoms with Crippen LogP contribution < -0.4 is 5.32 Å². The first-order valence-corrected chi connectivity index (χ1v) is 9.65. The first-order valence-electron chi connectivity index (χ1n) is 7.95. The Labute approximate surface area is 158 Å². The van der Waals surface area contributed by atoms with E-state index in [4.69, 9.17) is 0 Å². The van der Waals surface area contributed by atoms with Crippen molar-refractivity contribution in [3.8, 4) is 10.6 Å². The topological polar surface area (TPSA) is 72.7 Å². The fraction of sp³-hybridized carbons (Fsp3) is 0.111. The Morgan fingerprint density at radius 1 is 1.19 bits per heavy atom. The summed E-state index contributed by atoms with van der Waals surface area (Å²) in [5.74, 6) is -0.312. The number of hydrogen-bond donors (Lipinski definition) is 1. The van der Waals surface area contributed by atoms with Gasteiger partial charge >= 0.3 is 0 Å². The van der Waals surface area contributed by atoms with E-state index >= 15 is 0 Å². The number of amides is 1. The van der Waals surface area contributed by atoms with Gasteiger partial charge in [-0.15, -0.1) is 27.8 Å². The predicted octanol–water partition coefficient (Wildman–Crippen LogP) is 4.07. The first kappa shape index (κ1) is 16.6. The van der Waals surface area contributed by atoms with Crippen molar-refractivity contribution < 1.29 is 4.79 Å². The molecule has 0 radical (unpaired) electrons. The number of anilines is 1. The smallest absolute Gasteiger partial charge is 0.279 e. The molecule has 0 saturated carbocycles. The van der Waals surface area contributed by atoms with E-state index in [1.807, 2.05) is 41.8 Å². The van der Waals surface area contributed by atoms with E-state index in [0.29, 0.717) is 11.7 Å². The predicted molar refractivity (Wildman–Crippen MR) is 104 cm³/mol. The van der Waals surface area contributed by atoms with Crippen molar-refractivity contribution in [2.24, 2.45) is 0 Å². The fourth-order valence-corrected chi connectivity index (χ4v) is 4.04. The molecular weight excluding hydrogens is 366 g/mol. The number of rotatable bonds is 5. The number of aryl methyl sites for hydroxylation is 1. The summed E-state index contributed by atoms with van der Waals surface area (Å²) in [7, 11) is 0. The second kappa shape index (κ2) is 7.19. The average molecular weight is 381 g/mol. The summed E-state index contributed by atoms with van der Waals surface area (Å²) in [5, 5.41) is 13.3. The summed E-state index contributed by atoms with van der Waals surface area (Å²) in [6.45, 7) is 2.63. The van der Waals surface area contributed by atoms with Gasteiger partial charge in [0.15, 0.2) is 10.8 Å². The third-order valence-electron chi connectivity index (χ3n) is 3.68. The number of carbonyl (C=O) groups is 1. The second-order valence-corrected chi connectivity index (χ2v) is 7.84. The SMILES string of the molecule is Cc1ccc(-c2csc(NC(=O)c3cn(Cc4ccccc4)nn3)n2)s1. The van der Waals surface area contributed by atoms with Gasteiger partial charge in [-0.1, -0.05) is 35.5 Å². The highest BCUT2D eigenvalue weighted by molar-refractivity contribution is 7.17. The molecule has 6 nitrogen and oxygen atoms in total. The minimum Gasteiger partial charge on any atom is -0.296 e. The van der Waals surface area contributed by atoms with Crippen LogP contribution in [0.1, 0.15) is 20.9 Å². The second-order valence-electron chi connectivity index (χ2n) is 5.69. The monoisotopic (exact) mass is 381 g/mol. The van der Waals surface area contributed by atoms with Gasteiger partial charge in [-0.05, 0) is 24.6 Å². The molecule has 0 aliphatic carbocycles. The van der Waals surface area contributed by atoms with Gasteiger partial charge in [0.1, 0.15) is 0 Å². The van der Waals surface area contributed by atoms with Crippen LogP contribution in [0.3, 0.4) is 0 Å². The molecule has 0 unspecified atom stereocenters. The minimum absolute atomic E-state index is 0.268. The Morgan fingerprint density at radius 3 is 2.81 bits per heavy atom. The highest BCUT2D eigenvalue weighted by Crippen LogP contribution is 2.30. The van der Waals surface area contributed by atoms with Gasteiger partial charge in [0.05, 0.1) is 23.3 Å². The lowest BCUT2D eigenvalue weighted by atomic mass is 10.2. The number of hydrogen-bond acceptors (Lipinski definition) is 6. The molecule has 3 heterocycles. The van der Waals surface area contributed by atoms with E-state index in [1.54, 1.807) is 22.2 Å². The highest BCUT2D eigenvalue weighted by Gasteiger charge is 2.14. The van der Waals surface area contributed by atoms with E-state index in [9.17, 15) is 4.79 Å². The zero-order valence-electron chi connectivity index (χ0n) is 13.9. The molecule has 1 aromatic carbocycles. The van der Waals surface area contributed by atoms with Gasteiger partial charge in [-0.2, -0.15) is 0 Å². The van der Waals surface area contributed by atoms with E-state index in [0.717, 1.165) is 16.1 Å². The number of carbonyl (C=O) groups excluding carboxylic acids is 1. The number of benzene rings is 1. The van der Waals surface area contributed by atoms with Crippen molar-refractivity contribution in [2.75, 3.05) is 5.32 Å². The van der Waals surface area contributed by atoms with Gasteiger partial charge in [0, 0.05) is 10.3 Å². The summed E-state index contributed by atoms with van der Waals surface area (Å²) in [5.41, 5.74) is 2.24. The average Bonchev–Trinajstić information content (AvgIpc) is 3.37. The fourth-order valence-electron chi connectivity index (χ4n) is 2.43. The third-order valence-corrected chi connectivity index (χ3v) is 5.46. The molecule has 0 aliphatic heterocycles. The molecule has 3 aromatic heterocycles. The zero-order valence-corrected chi connectivity index (χ0v) is 15.5. The van der Waals surface area contributed by atoms with Crippen LogP contribution in [0.2, 0.25) is 0 Å². The Bertz CT molecular complexity index is 1030. The quantitative estimate of drug-likeness (QED) is 0.565. The third kappa shape index (κ3) is 3.71. The molecule has 0 spiro atoms. The summed E-state index contributed by atoms with van der Waals surface area (Å²) >= 11 is 3.07. The Kier molecular flexibility index (Phi) is 4.59. The number of thiazole rings is 1. The van der Waals surface area contributed by atoms with Crippen LogP contribution in [0, 0.1) is 6.92 Å². The van der Waals surface area contributed by atoms with Crippen LogP contribution in [0.25, 0.3) is 10.6 Å². The van der Waals surface area contributed by atoms with Crippen molar-refractivity contribution >= 4 is 33.7 Å². The summed E-state index contributed by atoms with van der Waals surface area (Å²) in [6.07, 6.45) is 1.64. The van der Waals surface area contributed by atoms with Crippen LogP contribution in [0.4, 0.5) is 5.13 Å². The molecule has 4 aromatic rings. The van der Waals surface area contributed by atoms with Crippen molar-refractivity contribution in [2.45, 2.75) is 13.5 Å². The molecule has 1 N–H and O–H groups in total. The molecule has 4 rings (SSSR count). The van der Waals surface area contributed by atoms with Crippen LogP contribution in [-0.2, 0) is 6.54 Å². The highest BCUT2D eigenvalue weighted by atomic mass is 32.1. The van der Waals surface area contributed by atoms with E-state index < -0.39 is 0 Å². The van der Waals surface area contributed by atoms with Gasteiger partial charge in [0.25, 0.3) is 5.91 Å². The molecule has 130 valence electrons. The Balaban J connectivity index is 1.43. The standard InChI is InChI=1S/C18H15N5OS2/c1-12-7-8-16(26-12)15-11-25-18(19-15)20-17(24)14-10-23(22-21-14)9-13-5-3-2-4-6-13/h2-8,10-11H,9H2,1H3,(H,19,20,24). The molecule has 26 heavy (non-hydrogen) atoms. The van der Waals surface area contributed by atoms with E-state index in [2.05, 4.69) is 33.6 Å². The van der Waals surface area contributed by atoms with Crippen molar-refractivity contribution in [3.05, 3.63) is 70.2 Å². The van der Waals surface area contributed by atoms with Gasteiger partial charge in [-0.3, -0.25) is 10.1 Å². The summed E-state index contributed by atoms with van der Waals surface area (Å²) < 4.78 is 1.64. The first-order chi connectivity index (χ1) is 12.7. The van der Waals surface area contributed by atoms with Crippen LogP contribution in [0.5, 0.6) is 0 Å². The van der Waals surface area contributed by atoms with Gasteiger partial charge in [-0.25, -0.2) is 9.67 Å². The Hall–Kier alpha value is -2.84. The molecule has 0 atom stereocenters. The summed E-state index contributed by atoms with van der Waals surface area (Å²) in [6, 6.07) is 14.0. The number of aromatic nitrogens is 4. The normalized spacial score (nSPS) is 10.8. The maximum atomic E-state index is 12.4. The van der Waals surface area contributed by atoms with E-state index in [-0.39, 0.29) is 11.6 Å². The van der Waals surface area contributed by atoms with Gasteiger partial charge in [0.2, 0.25) is 0 Å². The number of thiophene rings is 1. The van der Waals surface area contributed by atoms with E-state index in [1.165, 1.54) is 16.2 Å². The Morgan fingerprint density at radius 2 is 2.04 bits per heavy atom. The van der Waals surface area contributed by atoms with Gasteiger partial charge < -0.3 is 0 Å². The largest absolute Gasteiger partial charge is 0.296 e. The zero-order chi connectivity index (χ0) is 17.9. The van der Waals surface area contributed by atoms with Crippen LogP contribution in [-0.4, -0.2) is 25.9 Å². The molecule has 1 amide bonds. The molecule has 0 aliphatic rings. The lowest BCUT2D eigenvalue weighted by Gasteiger charge is -1.99. The molecule has 0 saturated heterocycles. The maximum Gasteiger partial charge on any atom is 0.279 e. The number of nitrogens with one attached hydrogen (secondary N) is 1. The molecule has 0 fully saturated rings. The minimum atomic E-state index is -0.312. The van der Waals surface area contributed by atoms with Crippen molar-refractivity contribution in [1.29, 1.82) is 0 Å². The molecular formula is C18H15N5OS2. The van der Waals surface area contributed by atoms with Crippen LogP contribution >= 0.6 is 22.7 Å².